The number of benzene rings is 1. The highest BCUT2D eigenvalue weighted by Crippen LogP contribution is 2.30. The molecule has 0 aromatic heterocycles. The Labute approximate surface area is 123 Å². The summed E-state index contributed by atoms with van der Waals surface area (Å²) in [6.07, 6.45) is 4.63. The maximum absolute atomic E-state index is 10.5. The van der Waals surface area contributed by atoms with E-state index < -0.39 is 5.97 Å². The van der Waals surface area contributed by atoms with Gasteiger partial charge in [-0.25, -0.2) is 4.79 Å². The van der Waals surface area contributed by atoms with Crippen LogP contribution in [0.5, 0.6) is 0 Å². The fourth-order valence-electron chi connectivity index (χ4n) is 2.35. The molecule has 0 spiro atoms. The summed E-state index contributed by atoms with van der Waals surface area (Å²) in [6.45, 7) is 1.57. The lowest BCUT2D eigenvalue weighted by Gasteiger charge is -2.33. The number of ether oxygens (including phenoxy) is 1. The van der Waals surface area contributed by atoms with Crippen LogP contribution in [0.4, 0.5) is 5.69 Å². The van der Waals surface area contributed by atoms with Gasteiger partial charge in [-0.2, -0.15) is 0 Å². The molecule has 1 saturated heterocycles. The Morgan fingerprint density at radius 2 is 2.15 bits per heavy atom. The fraction of sp³-hybridized carbons (Fsp3) is 0.400. The number of rotatable bonds is 4. The number of nitrogens with zero attached hydrogens (tertiary/aromatic N) is 1. The van der Waals surface area contributed by atoms with Gasteiger partial charge in [0.05, 0.1) is 10.7 Å². The number of halogens is 1. The van der Waals surface area contributed by atoms with Crippen LogP contribution in [0.25, 0.3) is 6.08 Å². The predicted molar refractivity (Wildman–Crippen MR) is 80.4 cm³/mol. The van der Waals surface area contributed by atoms with Gasteiger partial charge in [-0.05, 0) is 36.6 Å². The number of hydrogen-bond acceptors (Lipinski definition) is 3. The zero-order chi connectivity index (χ0) is 14.5. The number of carbonyl (C=O) groups is 1. The maximum atomic E-state index is 10.5. The van der Waals surface area contributed by atoms with Gasteiger partial charge in [0, 0.05) is 32.4 Å². The molecule has 108 valence electrons. The zero-order valence-electron chi connectivity index (χ0n) is 11.4. The van der Waals surface area contributed by atoms with Gasteiger partial charge < -0.3 is 14.7 Å². The molecule has 4 nitrogen and oxygen atoms in total. The molecule has 1 aromatic rings. The quantitative estimate of drug-likeness (QED) is 0.868. The van der Waals surface area contributed by atoms with Crippen molar-refractivity contribution in [2.45, 2.75) is 18.9 Å². The van der Waals surface area contributed by atoms with E-state index in [0.29, 0.717) is 11.1 Å². The Bertz CT molecular complexity index is 510. The van der Waals surface area contributed by atoms with E-state index in [9.17, 15) is 4.79 Å². The highest BCUT2D eigenvalue weighted by molar-refractivity contribution is 6.33. The number of aliphatic carboxylic acids is 1. The monoisotopic (exact) mass is 295 g/mol. The summed E-state index contributed by atoms with van der Waals surface area (Å²) in [6, 6.07) is 6.02. The highest BCUT2D eigenvalue weighted by Gasteiger charge is 2.20. The van der Waals surface area contributed by atoms with Gasteiger partial charge >= 0.3 is 5.97 Å². The lowest BCUT2D eigenvalue weighted by atomic mass is 10.1. The molecule has 0 saturated carbocycles. The van der Waals surface area contributed by atoms with Crippen LogP contribution in [0.3, 0.4) is 0 Å². The number of carboxylic acid groups (broad SMARTS) is 1. The van der Waals surface area contributed by atoms with Gasteiger partial charge in [-0.1, -0.05) is 17.7 Å². The van der Waals surface area contributed by atoms with Crippen molar-refractivity contribution in [2.24, 2.45) is 0 Å². The van der Waals surface area contributed by atoms with Crippen LogP contribution >= 0.6 is 11.6 Å². The Morgan fingerprint density at radius 3 is 2.75 bits per heavy atom. The van der Waals surface area contributed by atoms with Crippen molar-refractivity contribution >= 4 is 29.3 Å². The normalized spacial score (nSPS) is 16.5. The Kier molecular flexibility index (Phi) is 5.04. The van der Waals surface area contributed by atoms with Crippen molar-refractivity contribution in [3.63, 3.8) is 0 Å². The Hall–Kier alpha value is -1.52. The second kappa shape index (κ2) is 6.77. The molecular weight excluding hydrogens is 278 g/mol. The Balaban J connectivity index is 2.14. The van der Waals surface area contributed by atoms with Crippen molar-refractivity contribution in [1.82, 2.24) is 0 Å². The van der Waals surface area contributed by atoms with Crippen LogP contribution < -0.4 is 4.90 Å². The molecule has 0 radical (unpaired) electrons. The van der Waals surface area contributed by atoms with Crippen LogP contribution in [0.2, 0.25) is 5.02 Å². The van der Waals surface area contributed by atoms with Gasteiger partial charge in [-0.15, -0.1) is 0 Å². The first kappa shape index (κ1) is 14.9. The summed E-state index contributed by atoms with van der Waals surface area (Å²) < 4.78 is 5.37. The third-order valence-electron chi connectivity index (χ3n) is 3.51. The van der Waals surface area contributed by atoms with Crippen LogP contribution in [0, 0.1) is 0 Å². The minimum absolute atomic E-state index is 0.432. The lowest BCUT2D eigenvalue weighted by molar-refractivity contribution is -0.131. The summed E-state index contributed by atoms with van der Waals surface area (Å²) >= 11 is 6.30. The second-order valence-electron chi connectivity index (χ2n) is 4.84. The third kappa shape index (κ3) is 3.74. The van der Waals surface area contributed by atoms with Crippen LogP contribution in [0.15, 0.2) is 24.3 Å². The van der Waals surface area contributed by atoms with Crippen LogP contribution in [-0.2, 0) is 9.53 Å². The molecule has 0 unspecified atom stereocenters. The molecule has 1 N–H and O–H groups in total. The van der Waals surface area contributed by atoms with Gasteiger partial charge in [0.1, 0.15) is 0 Å². The molecule has 0 amide bonds. The summed E-state index contributed by atoms with van der Waals surface area (Å²) in [5.74, 6) is -0.968. The van der Waals surface area contributed by atoms with E-state index >= 15 is 0 Å². The maximum Gasteiger partial charge on any atom is 0.328 e. The molecule has 2 rings (SSSR count). The first-order valence-electron chi connectivity index (χ1n) is 6.59. The summed E-state index contributed by atoms with van der Waals surface area (Å²) in [5.41, 5.74) is 1.74. The van der Waals surface area contributed by atoms with Crippen molar-refractivity contribution < 1.29 is 14.6 Å². The van der Waals surface area contributed by atoms with E-state index in [1.165, 1.54) is 6.08 Å². The van der Waals surface area contributed by atoms with Gasteiger partial charge in [0.2, 0.25) is 0 Å². The SMILES string of the molecule is CN(c1ccc(/C=C/C(=O)O)cc1Cl)C1CCOCC1. The van der Waals surface area contributed by atoms with Crippen molar-refractivity contribution in [1.29, 1.82) is 0 Å². The number of hydrogen-bond donors (Lipinski definition) is 1. The molecule has 1 aliphatic heterocycles. The highest BCUT2D eigenvalue weighted by atomic mass is 35.5. The van der Waals surface area contributed by atoms with Crippen LogP contribution in [-0.4, -0.2) is 37.4 Å². The van der Waals surface area contributed by atoms with Gasteiger partial charge in [0.25, 0.3) is 0 Å². The smallest absolute Gasteiger partial charge is 0.328 e. The average Bonchev–Trinajstić information content (AvgIpc) is 2.45. The molecule has 0 atom stereocenters. The van der Waals surface area contributed by atoms with Crippen molar-refractivity contribution in [2.75, 3.05) is 25.2 Å². The third-order valence-corrected chi connectivity index (χ3v) is 3.81. The molecule has 0 aliphatic carbocycles. The minimum atomic E-state index is -0.968. The lowest BCUT2D eigenvalue weighted by Crippen LogP contribution is -2.36. The van der Waals surface area contributed by atoms with Gasteiger partial charge in [-0.3, -0.25) is 0 Å². The molecule has 5 heteroatoms. The van der Waals surface area contributed by atoms with E-state index in [0.717, 1.165) is 43.4 Å². The topological polar surface area (TPSA) is 49.8 Å². The Morgan fingerprint density at radius 1 is 1.45 bits per heavy atom. The van der Waals surface area contributed by atoms with E-state index in [2.05, 4.69) is 4.90 Å². The largest absolute Gasteiger partial charge is 0.478 e. The molecule has 0 bridgehead atoms. The van der Waals surface area contributed by atoms with Gasteiger partial charge in [0.15, 0.2) is 0 Å². The molecule has 1 aromatic carbocycles. The zero-order valence-corrected chi connectivity index (χ0v) is 12.1. The molecule has 1 aliphatic rings. The summed E-state index contributed by atoms with van der Waals surface area (Å²) in [4.78, 5) is 12.7. The standard InChI is InChI=1S/C15H18ClNO3/c1-17(12-6-8-20-9-7-12)14-4-2-11(10-13(14)16)3-5-15(18)19/h2-5,10,12H,6-9H2,1H3,(H,18,19)/b5-3+. The van der Waals surface area contributed by atoms with Crippen molar-refractivity contribution in [3.8, 4) is 0 Å². The van der Waals surface area contributed by atoms with Crippen molar-refractivity contribution in [3.05, 3.63) is 34.9 Å². The first-order valence-corrected chi connectivity index (χ1v) is 6.97. The summed E-state index contributed by atoms with van der Waals surface area (Å²) in [5, 5.41) is 9.25. The number of carboxylic acids is 1. The molecule has 1 fully saturated rings. The minimum Gasteiger partial charge on any atom is -0.478 e. The number of anilines is 1. The molecule has 1 heterocycles. The van der Waals surface area contributed by atoms with E-state index in [1.54, 1.807) is 6.07 Å². The fourth-order valence-corrected chi connectivity index (χ4v) is 2.67. The predicted octanol–water partition coefficient (Wildman–Crippen LogP) is 3.05. The first-order chi connectivity index (χ1) is 9.58. The van der Waals surface area contributed by atoms with E-state index in [1.807, 2.05) is 19.2 Å². The van der Waals surface area contributed by atoms with E-state index in [-0.39, 0.29) is 0 Å². The van der Waals surface area contributed by atoms with E-state index in [4.69, 9.17) is 21.4 Å². The summed E-state index contributed by atoms with van der Waals surface area (Å²) in [7, 11) is 2.03. The second-order valence-corrected chi connectivity index (χ2v) is 5.24. The molecular formula is C15H18ClNO3. The average molecular weight is 296 g/mol. The van der Waals surface area contributed by atoms with Crippen LogP contribution in [0.1, 0.15) is 18.4 Å². The molecule has 20 heavy (non-hydrogen) atoms.